The van der Waals surface area contributed by atoms with E-state index in [9.17, 15) is 0 Å². The molecule has 0 N–H and O–H groups in total. The van der Waals surface area contributed by atoms with Crippen LogP contribution < -0.4 is 0 Å². The van der Waals surface area contributed by atoms with Crippen LogP contribution >= 0.6 is 0 Å². The first-order chi connectivity index (χ1) is 19.2. The molecule has 7 aromatic rings. The molecule has 0 aliphatic heterocycles. The molecule has 0 aliphatic carbocycles. The molecule has 2 heterocycles. The summed E-state index contributed by atoms with van der Waals surface area (Å²) in [7, 11) is 0. The van der Waals surface area contributed by atoms with E-state index in [0.29, 0.717) is 17.1 Å². The Morgan fingerprint density at radius 3 is 1.74 bits per heavy atom. The maximum absolute atomic E-state index is 9.02. The minimum atomic E-state index is 0.527. The van der Waals surface area contributed by atoms with Gasteiger partial charge in [-0.3, -0.25) is 4.98 Å². The second-order valence-corrected chi connectivity index (χ2v) is 9.46. The van der Waals surface area contributed by atoms with Crippen LogP contribution in [-0.4, -0.2) is 9.97 Å². The number of pyridine rings is 1. The quantitative estimate of drug-likeness (QED) is 0.242. The summed E-state index contributed by atoms with van der Waals surface area (Å²) in [6, 6.07) is 43.2. The van der Waals surface area contributed by atoms with Crippen molar-refractivity contribution in [2.75, 3.05) is 0 Å². The summed E-state index contributed by atoms with van der Waals surface area (Å²) >= 11 is 0. The minimum Gasteiger partial charge on any atom is -0.435 e. The number of oxazole rings is 1. The van der Waals surface area contributed by atoms with Crippen LogP contribution in [0.2, 0.25) is 0 Å². The predicted octanol–water partition coefficient (Wildman–Crippen LogP) is 8.92. The van der Waals surface area contributed by atoms with Gasteiger partial charge >= 0.3 is 0 Å². The number of hydrogen-bond donors (Lipinski definition) is 0. The van der Waals surface area contributed by atoms with Gasteiger partial charge in [-0.05, 0) is 81.1 Å². The Hall–Kier alpha value is -5.53. The maximum atomic E-state index is 9.02. The lowest BCUT2D eigenvalue weighted by molar-refractivity contribution is 0.617. The van der Waals surface area contributed by atoms with Crippen LogP contribution in [0.3, 0.4) is 0 Å². The van der Waals surface area contributed by atoms with E-state index in [2.05, 4.69) is 82.8 Å². The van der Waals surface area contributed by atoms with Crippen LogP contribution in [-0.2, 0) is 0 Å². The van der Waals surface area contributed by atoms with Gasteiger partial charge in [-0.25, -0.2) is 4.98 Å². The Kier molecular flexibility index (Phi) is 5.46. The summed E-state index contributed by atoms with van der Waals surface area (Å²) in [6.45, 7) is 0. The lowest BCUT2D eigenvalue weighted by atomic mass is 9.96. The monoisotopic (exact) mass is 499 g/mol. The molecule has 2 aromatic heterocycles. The largest absolute Gasteiger partial charge is 0.435 e. The second-order valence-electron chi connectivity index (χ2n) is 9.46. The number of fused-ring (bicyclic) bond motifs is 2. The Morgan fingerprint density at radius 1 is 0.564 bits per heavy atom. The fourth-order valence-electron chi connectivity index (χ4n) is 4.87. The van der Waals surface area contributed by atoms with E-state index in [-0.39, 0.29) is 0 Å². The van der Waals surface area contributed by atoms with Crippen molar-refractivity contribution in [2.45, 2.75) is 0 Å². The third kappa shape index (κ3) is 4.33. The maximum Gasteiger partial charge on any atom is 0.246 e. The third-order valence-corrected chi connectivity index (χ3v) is 7.02. The van der Waals surface area contributed by atoms with Gasteiger partial charge in [0.15, 0.2) is 5.58 Å². The second kappa shape index (κ2) is 9.41. The third-order valence-electron chi connectivity index (χ3n) is 7.02. The van der Waals surface area contributed by atoms with Gasteiger partial charge < -0.3 is 4.42 Å². The molecule has 0 aliphatic rings. The fourth-order valence-corrected chi connectivity index (χ4v) is 4.87. The zero-order chi connectivity index (χ0) is 26.2. The van der Waals surface area contributed by atoms with Gasteiger partial charge in [0.05, 0.1) is 11.6 Å². The molecule has 0 saturated carbocycles. The molecule has 0 fully saturated rings. The van der Waals surface area contributed by atoms with Gasteiger partial charge in [0, 0.05) is 11.8 Å². The van der Waals surface area contributed by atoms with E-state index in [1.165, 1.54) is 16.3 Å². The van der Waals surface area contributed by atoms with Crippen molar-refractivity contribution in [1.29, 1.82) is 5.26 Å². The van der Waals surface area contributed by atoms with Crippen LogP contribution in [0.4, 0.5) is 0 Å². The van der Waals surface area contributed by atoms with Crippen molar-refractivity contribution in [1.82, 2.24) is 9.97 Å². The highest BCUT2D eigenvalue weighted by atomic mass is 16.3. The summed E-state index contributed by atoms with van der Waals surface area (Å²) in [5.41, 5.74) is 9.69. The lowest BCUT2D eigenvalue weighted by Crippen LogP contribution is -1.86. The van der Waals surface area contributed by atoms with E-state index in [4.69, 9.17) is 9.68 Å². The van der Waals surface area contributed by atoms with Gasteiger partial charge in [-0.15, -0.1) is 0 Å². The smallest absolute Gasteiger partial charge is 0.246 e. The molecule has 0 radical (unpaired) electrons. The fraction of sp³-hybridized carbons (Fsp3) is 0. The Balaban J connectivity index is 1.13. The number of para-hydroxylation sites is 2. The molecule has 0 amide bonds. The van der Waals surface area contributed by atoms with Crippen LogP contribution in [0, 0.1) is 11.3 Å². The van der Waals surface area contributed by atoms with E-state index in [1.807, 2.05) is 60.8 Å². The summed E-state index contributed by atoms with van der Waals surface area (Å²) < 4.78 is 5.86. The van der Waals surface area contributed by atoms with Gasteiger partial charge in [-0.2, -0.15) is 5.26 Å². The highest BCUT2D eigenvalue weighted by molar-refractivity contribution is 5.91. The first-order valence-corrected chi connectivity index (χ1v) is 12.7. The number of rotatable bonds is 4. The van der Waals surface area contributed by atoms with Crippen molar-refractivity contribution in [2.24, 2.45) is 0 Å². The summed E-state index contributed by atoms with van der Waals surface area (Å²) in [4.78, 5) is 9.17. The SMILES string of the molecule is N#Cc1ccc(-c2ccc(-c3ccc4cc(-c5ccc(-c6nc7ccccc7o6)nc5)ccc4c3)cc2)cc1. The van der Waals surface area contributed by atoms with E-state index < -0.39 is 0 Å². The van der Waals surface area contributed by atoms with Gasteiger partial charge in [0.2, 0.25) is 5.89 Å². The van der Waals surface area contributed by atoms with Crippen molar-refractivity contribution in [3.8, 4) is 51.0 Å². The van der Waals surface area contributed by atoms with E-state index in [1.54, 1.807) is 0 Å². The Labute approximate surface area is 225 Å². The minimum absolute atomic E-state index is 0.527. The van der Waals surface area contributed by atoms with Crippen molar-refractivity contribution >= 4 is 21.9 Å². The molecule has 7 rings (SSSR count). The summed E-state index contributed by atoms with van der Waals surface area (Å²) in [5.74, 6) is 0.527. The standard InChI is InChI=1S/C35H21N3O/c36-21-23-5-7-24(8-6-23)25-9-11-26(12-10-25)27-13-14-29-20-30(16-15-28(29)19-27)31-17-18-33(37-22-31)35-38-32-3-1-2-4-34(32)39-35/h1-20,22H. The zero-order valence-corrected chi connectivity index (χ0v) is 20.9. The van der Waals surface area contributed by atoms with Crippen LogP contribution in [0.25, 0.3) is 66.8 Å². The van der Waals surface area contributed by atoms with E-state index >= 15 is 0 Å². The Morgan fingerprint density at radius 2 is 1.13 bits per heavy atom. The molecule has 0 saturated heterocycles. The van der Waals surface area contributed by atoms with Gasteiger partial charge in [0.1, 0.15) is 11.2 Å². The first kappa shape index (κ1) is 22.7. The highest BCUT2D eigenvalue weighted by Crippen LogP contribution is 2.31. The number of nitriles is 1. The number of benzene rings is 5. The van der Waals surface area contributed by atoms with E-state index in [0.717, 1.165) is 38.9 Å². The highest BCUT2D eigenvalue weighted by Gasteiger charge is 2.10. The summed E-state index contributed by atoms with van der Waals surface area (Å²) in [5, 5.41) is 11.4. The van der Waals surface area contributed by atoms with Crippen LogP contribution in [0.5, 0.6) is 0 Å². The van der Waals surface area contributed by atoms with Crippen molar-refractivity contribution in [3.05, 3.63) is 133 Å². The van der Waals surface area contributed by atoms with Gasteiger partial charge in [0.25, 0.3) is 0 Å². The molecule has 4 heteroatoms. The number of nitrogens with zero attached hydrogens (tertiary/aromatic N) is 3. The molecule has 39 heavy (non-hydrogen) atoms. The van der Waals surface area contributed by atoms with Crippen LogP contribution in [0.1, 0.15) is 5.56 Å². The Bertz CT molecular complexity index is 1960. The molecular weight excluding hydrogens is 478 g/mol. The number of hydrogen-bond acceptors (Lipinski definition) is 4. The average molecular weight is 500 g/mol. The molecule has 4 nitrogen and oxygen atoms in total. The topological polar surface area (TPSA) is 62.7 Å². The molecule has 0 spiro atoms. The first-order valence-electron chi connectivity index (χ1n) is 12.7. The molecule has 182 valence electrons. The predicted molar refractivity (Wildman–Crippen MR) is 156 cm³/mol. The van der Waals surface area contributed by atoms with Crippen molar-refractivity contribution in [3.63, 3.8) is 0 Å². The lowest BCUT2D eigenvalue weighted by Gasteiger charge is -2.08. The van der Waals surface area contributed by atoms with Crippen LogP contribution in [0.15, 0.2) is 132 Å². The van der Waals surface area contributed by atoms with Gasteiger partial charge in [-0.1, -0.05) is 78.9 Å². The summed E-state index contributed by atoms with van der Waals surface area (Å²) in [6.07, 6.45) is 1.87. The molecule has 0 unspecified atom stereocenters. The molecule has 5 aromatic carbocycles. The normalized spacial score (nSPS) is 11.1. The zero-order valence-electron chi connectivity index (χ0n) is 20.9. The van der Waals surface area contributed by atoms with Crippen molar-refractivity contribution < 1.29 is 4.42 Å². The average Bonchev–Trinajstić information content (AvgIpc) is 3.45. The molecule has 0 bridgehead atoms. The molecular formula is C35H21N3O. The number of aromatic nitrogens is 2. The molecule has 0 atom stereocenters.